The van der Waals surface area contributed by atoms with Gasteiger partial charge in [-0.2, -0.15) is 0 Å². The second-order valence-corrected chi connectivity index (χ2v) is 7.96. The van der Waals surface area contributed by atoms with Gasteiger partial charge in [-0.05, 0) is 30.5 Å². The number of fused-ring (bicyclic) bond motifs is 1. The minimum Gasteiger partial charge on any atom is -0.325 e. The van der Waals surface area contributed by atoms with E-state index in [1.165, 1.54) is 36.7 Å². The first-order valence-electron chi connectivity index (χ1n) is 9.41. The Kier molecular flexibility index (Phi) is 6.58. The number of carbonyl (C=O) groups excluding carboxylic acids is 2. The highest BCUT2D eigenvalue weighted by Gasteiger charge is 2.22. The first-order chi connectivity index (χ1) is 13.0. The number of hydrogen-bond donors (Lipinski definition) is 2. The van der Waals surface area contributed by atoms with Crippen molar-refractivity contribution in [3.05, 3.63) is 40.4 Å². The van der Waals surface area contributed by atoms with Crippen molar-refractivity contribution in [3.63, 3.8) is 0 Å². The Balaban J connectivity index is 1.51. The molecule has 0 spiro atoms. The summed E-state index contributed by atoms with van der Waals surface area (Å²) in [6.45, 7) is 5.50. The third-order valence-electron chi connectivity index (χ3n) is 4.52. The second-order valence-electron chi connectivity index (χ2n) is 6.88. The van der Waals surface area contributed by atoms with Gasteiger partial charge in [0.1, 0.15) is 0 Å². The van der Waals surface area contributed by atoms with Crippen molar-refractivity contribution in [3.8, 4) is 0 Å². The molecule has 144 valence electrons. The SMILES string of the molecule is CCCCc1ccc(NC(=O)CN2CCc3nc(NC(C)=O)sc3C2)cc1. The van der Waals surface area contributed by atoms with Crippen LogP contribution in [0.5, 0.6) is 0 Å². The van der Waals surface area contributed by atoms with E-state index in [1.807, 2.05) is 12.1 Å². The van der Waals surface area contributed by atoms with Gasteiger partial charge in [0.2, 0.25) is 11.8 Å². The molecule has 0 unspecified atom stereocenters. The normalized spacial score (nSPS) is 13.9. The van der Waals surface area contributed by atoms with E-state index in [0.717, 1.165) is 35.6 Å². The van der Waals surface area contributed by atoms with E-state index in [9.17, 15) is 9.59 Å². The van der Waals surface area contributed by atoms with Crippen molar-refractivity contribution in [2.45, 2.75) is 46.1 Å². The summed E-state index contributed by atoms with van der Waals surface area (Å²) in [5.41, 5.74) is 3.17. The van der Waals surface area contributed by atoms with Gasteiger partial charge in [-0.1, -0.05) is 25.5 Å². The third kappa shape index (κ3) is 5.61. The van der Waals surface area contributed by atoms with Crippen LogP contribution >= 0.6 is 11.3 Å². The van der Waals surface area contributed by atoms with Crippen molar-refractivity contribution in [2.24, 2.45) is 0 Å². The van der Waals surface area contributed by atoms with Crippen LogP contribution in [0.1, 0.15) is 42.8 Å². The largest absolute Gasteiger partial charge is 0.325 e. The first-order valence-corrected chi connectivity index (χ1v) is 10.2. The molecule has 0 radical (unpaired) electrons. The van der Waals surface area contributed by atoms with Gasteiger partial charge in [-0.3, -0.25) is 14.5 Å². The number of unbranched alkanes of at least 4 members (excludes halogenated alkanes) is 1. The summed E-state index contributed by atoms with van der Waals surface area (Å²) in [6, 6.07) is 8.11. The van der Waals surface area contributed by atoms with Gasteiger partial charge < -0.3 is 10.6 Å². The summed E-state index contributed by atoms with van der Waals surface area (Å²) in [4.78, 5) is 31.3. The summed E-state index contributed by atoms with van der Waals surface area (Å²) in [5.74, 6) is -0.121. The zero-order chi connectivity index (χ0) is 19.2. The highest BCUT2D eigenvalue weighted by Crippen LogP contribution is 2.28. The number of aromatic nitrogens is 1. The van der Waals surface area contributed by atoms with E-state index >= 15 is 0 Å². The highest BCUT2D eigenvalue weighted by molar-refractivity contribution is 7.15. The molecule has 0 fully saturated rings. The Morgan fingerprint density at radius 1 is 1.22 bits per heavy atom. The van der Waals surface area contributed by atoms with E-state index in [-0.39, 0.29) is 11.8 Å². The highest BCUT2D eigenvalue weighted by atomic mass is 32.1. The number of rotatable bonds is 7. The summed E-state index contributed by atoms with van der Waals surface area (Å²) < 4.78 is 0. The monoisotopic (exact) mass is 386 g/mol. The number of thiazole rings is 1. The number of nitrogens with zero attached hydrogens (tertiary/aromatic N) is 2. The fraction of sp³-hybridized carbons (Fsp3) is 0.450. The number of amides is 2. The van der Waals surface area contributed by atoms with Gasteiger partial charge >= 0.3 is 0 Å². The van der Waals surface area contributed by atoms with Crippen LogP contribution in [0.2, 0.25) is 0 Å². The van der Waals surface area contributed by atoms with Crippen LogP contribution in [0.15, 0.2) is 24.3 Å². The lowest BCUT2D eigenvalue weighted by Crippen LogP contribution is -2.36. The fourth-order valence-electron chi connectivity index (χ4n) is 3.13. The molecule has 0 aliphatic carbocycles. The average molecular weight is 387 g/mol. The summed E-state index contributed by atoms with van der Waals surface area (Å²) in [7, 11) is 0. The fourth-order valence-corrected chi connectivity index (χ4v) is 4.22. The minimum atomic E-state index is -0.113. The molecule has 1 aliphatic rings. The van der Waals surface area contributed by atoms with Gasteiger partial charge in [0.05, 0.1) is 12.2 Å². The molecular weight excluding hydrogens is 360 g/mol. The smallest absolute Gasteiger partial charge is 0.238 e. The maximum Gasteiger partial charge on any atom is 0.238 e. The molecular formula is C20H26N4O2S. The molecule has 0 saturated heterocycles. The van der Waals surface area contributed by atoms with Crippen LogP contribution in [-0.2, 0) is 29.0 Å². The molecule has 0 bridgehead atoms. The van der Waals surface area contributed by atoms with E-state index in [0.29, 0.717) is 18.2 Å². The molecule has 2 N–H and O–H groups in total. The zero-order valence-electron chi connectivity index (χ0n) is 15.9. The third-order valence-corrected chi connectivity index (χ3v) is 5.51. The van der Waals surface area contributed by atoms with Crippen LogP contribution in [0.25, 0.3) is 0 Å². The molecule has 27 heavy (non-hydrogen) atoms. The van der Waals surface area contributed by atoms with Crippen LogP contribution in [0.3, 0.4) is 0 Å². The summed E-state index contributed by atoms with van der Waals surface area (Å²) in [6.07, 6.45) is 4.24. The molecule has 7 heteroatoms. The van der Waals surface area contributed by atoms with Crippen LogP contribution < -0.4 is 10.6 Å². The maximum atomic E-state index is 12.4. The summed E-state index contributed by atoms with van der Waals surface area (Å²) in [5, 5.41) is 6.36. The lowest BCUT2D eigenvalue weighted by atomic mass is 10.1. The Labute approximate surface area is 164 Å². The second kappa shape index (κ2) is 9.10. The molecule has 1 aliphatic heterocycles. The van der Waals surface area contributed by atoms with Crippen LogP contribution in [-0.4, -0.2) is 34.8 Å². The number of hydrogen-bond acceptors (Lipinski definition) is 5. The topological polar surface area (TPSA) is 74.3 Å². The maximum absolute atomic E-state index is 12.4. The van der Waals surface area contributed by atoms with Gasteiger partial charge in [0.15, 0.2) is 5.13 Å². The van der Waals surface area contributed by atoms with Crippen molar-refractivity contribution in [1.29, 1.82) is 0 Å². The van der Waals surface area contributed by atoms with Crippen molar-refractivity contribution < 1.29 is 9.59 Å². The minimum absolute atomic E-state index is 0.00800. The predicted octanol–water partition coefficient (Wildman–Crippen LogP) is 3.44. The van der Waals surface area contributed by atoms with Crippen LogP contribution in [0, 0.1) is 0 Å². The van der Waals surface area contributed by atoms with Crippen molar-refractivity contribution in [1.82, 2.24) is 9.88 Å². The predicted molar refractivity (Wildman–Crippen MR) is 109 cm³/mol. The van der Waals surface area contributed by atoms with E-state index in [1.54, 1.807) is 0 Å². The van der Waals surface area contributed by atoms with E-state index < -0.39 is 0 Å². The van der Waals surface area contributed by atoms with Crippen LogP contribution in [0.4, 0.5) is 10.8 Å². The Morgan fingerprint density at radius 2 is 2.00 bits per heavy atom. The first kappa shape index (κ1) is 19.5. The lowest BCUT2D eigenvalue weighted by Gasteiger charge is -2.25. The number of nitrogens with one attached hydrogen (secondary N) is 2. The van der Waals surface area contributed by atoms with Gasteiger partial charge in [0, 0.05) is 37.0 Å². The zero-order valence-corrected chi connectivity index (χ0v) is 16.7. The van der Waals surface area contributed by atoms with E-state index in [4.69, 9.17) is 0 Å². The molecule has 2 aromatic rings. The Morgan fingerprint density at radius 3 is 2.70 bits per heavy atom. The Hall–Kier alpha value is -2.25. The Bertz CT molecular complexity index is 801. The summed E-state index contributed by atoms with van der Waals surface area (Å²) >= 11 is 1.49. The number of carbonyl (C=O) groups is 2. The van der Waals surface area contributed by atoms with Crippen molar-refractivity contribution >= 4 is 34.0 Å². The molecule has 1 aromatic carbocycles. The molecule has 0 atom stereocenters. The number of benzene rings is 1. The number of aryl methyl sites for hydroxylation is 1. The van der Waals surface area contributed by atoms with Gasteiger partial charge in [-0.25, -0.2) is 4.98 Å². The standard InChI is InChI=1S/C20H26N4O2S/c1-3-4-5-15-6-8-16(9-7-15)22-19(26)13-24-11-10-17-18(12-24)27-20(23-17)21-14(2)25/h6-9H,3-5,10-13H2,1-2H3,(H,22,26)(H,21,23,25). The van der Waals surface area contributed by atoms with Gasteiger partial charge in [0.25, 0.3) is 0 Å². The molecule has 1 aromatic heterocycles. The molecule has 3 rings (SSSR count). The molecule has 0 saturated carbocycles. The van der Waals surface area contributed by atoms with Gasteiger partial charge in [-0.15, -0.1) is 11.3 Å². The number of anilines is 2. The molecule has 6 nitrogen and oxygen atoms in total. The molecule has 2 heterocycles. The molecule has 2 amide bonds. The van der Waals surface area contributed by atoms with E-state index in [2.05, 4.69) is 39.6 Å². The van der Waals surface area contributed by atoms with Crippen molar-refractivity contribution in [2.75, 3.05) is 23.7 Å². The lowest BCUT2D eigenvalue weighted by molar-refractivity contribution is -0.117. The average Bonchev–Trinajstić information content (AvgIpc) is 3.01. The quantitative estimate of drug-likeness (QED) is 0.764.